The second-order valence-corrected chi connectivity index (χ2v) is 8.08. The number of unbranched alkanes of at least 4 members (excludes halogenated alkanes) is 6. The van der Waals surface area contributed by atoms with Crippen LogP contribution in [0.2, 0.25) is 0 Å². The van der Waals surface area contributed by atoms with E-state index in [1.165, 1.54) is 25.7 Å². The third kappa shape index (κ3) is 26.3. The number of rotatable bonds is 22. The summed E-state index contributed by atoms with van der Waals surface area (Å²) < 4.78 is 0. The van der Waals surface area contributed by atoms with E-state index in [1.807, 2.05) is 0 Å². The molecule has 0 aromatic carbocycles. The van der Waals surface area contributed by atoms with Crippen molar-refractivity contribution in [2.24, 2.45) is 0 Å². The number of carboxylic acids is 1. The highest BCUT2D eigenvalue weighted by Crippen LogP contribution is 2.04. The molecule has 0 fully saturated rings. The van der Waals surface area contributed by atoms with Gasteiger partial charge in [0, 0.05) is 13.0 Å². The highest BCUT2D eigenvalue weighted by atomic mass is 16.4. The van der Waals surface area contributed by atoms with Crippen LogP contribution in [0, 0.1) is 0 Å². The first-order valence-corrected chi connectivity index (χ1v) is 12.4. The summed E-state index contributed by atoms with van der Waals surface area (Å²) in [6.45, 7) is 3.75. The predicted octanol–water partition coefficient (Wildman–Crippen LogP) is 6.73. The molecule has 0 aliphatic rings. The lowest BCUT2D eigenvalue weighted by molar-refractivity contribution is -0.137. The molecule has 178 valence electrons. The second kappa shape index (κ2) is 24.6. The van der Waals surface area contributed by atoms with E-state index in [9.17, 15) is 9.90 Å². The number of carboxylic acid groups (broad SMARTS) is 1. The van der Waals surface area contributed by atoms with Crippen molar-refractivity contribution < 1.29 is 15.0 Å². The summed E-state index contributed by atoms with van der Waals surface area (Å²) in [6, 6.07) is 0. The number of hydrogen-bond donors (Lipinski definition) is 3. The monoisotopic (exact) mass is 433 g/mol. The molecule has 31 heavy (non-hydrogen) atoms. The van der Waals surface area contributed by atoms with E-state index in [0.29, 0.717) is 19.4 Å². The SMILES string of the molecule is CCCCCC=CCC=CCC=CCC=CCCCCNCC(O)CCCCC(=O)O. The molecule has 0 saturated heterocycles. The van der Waals surface area contributed by atoms with Crippen molar-refractivity contribution >= 4 is 5.97 Å². The Kier molecular flexibility index (Phi) is 23.3. The smallest absolute Gasteiger partial charge is 0.303 e. The molecule has 0 rings (SSSR count). The maximum atomic E-state index is 10.4. The summed E-state index contributed by atoms with van der Waals surface area (Å²) >= 11 is 0. The Bertz CT molecular complexity index is 509. The first kappa shape index (κ1) is 29.4. The zero-order valence-corrected chi connectivity index (χ0v) is 19.8. The summed E-state index contributed by atoms with van der Waals surface area (Å²) in [5, 5.41) is 21.7. The zero-order valence-electron chi connectivity index (χ0n) is 19.8. The van der Waals surface area contributed by atoms with E-state index < -0.39 is 5.97 Å². The van der Waals surface area contributed by atoms with Crippen LogP contribution in [0.25, 0.3) is 0 Å². The van der Waals surface area contributed by atoms with Gasteiger partial charge in [0.1, 0.15) is 0 Å². The minimum absolute atomic E-state index is 0.192. The fourth-order valence-corrected chi connectivity index (χ4v) is 3.10. The van der Waals surface area contributed by atoms with E-state index in [2.05, 4.69) is 60.8 Å². The normalized spacial score (nSPS) is 13.4. The summed E-state index contributed by atoms with van der Waals surface area (Å²) in [6.07, 6.45) is 31.4. The number of aliphatic carboxylic acids is 1. The van der Waals surface area contributed by atoms with Gasteiger partial charge in [0.25, 0.3) is 0 Å². The van der Waals surface area contributed by atoms with Gasteiger partial charge in [-0.25, -0.2) is 0 Å². The van der Waals surface area contributed by atoms with Gasteiger partial charge >= 0.3 is 5.97 Å². The summed E-state index contributed by atoms with van der Waals surface area (Å²) in [4.78, 5) is 10.4. The van der Waals surface area contributed by atoms with Crippen molar-refractivity contribution in [1.82, 2.24) is 5.32 Å². The molecule has 3 N–H and O–H groups in total. The van der Waals surface area contributed by atoms with Gasteiger partial charge in [0.15, 0.2) is 0 Å². The Morgan fingerprint density at radius 2 is 1.32 bits per heavy atom. The number of hydrogen-bond acceptors (Lipinski definition) is 3. The van der Waals surface area contributed by atoms with E-state index in [-0.39, 0.29) is 12.5 Å². The first-order valence-electron chi connectivity index (χ1n) is 12.4. The van der Waals surface area contributed by atoms with Gasteiger partial charge in [-0.1, -0.05) is 74.8 Å². The highest BCUT2D eigenvalue weighted by Gasteiger charge is 2.04. The Morgan fingerprint density at radius 3 is 1.87 bits per heavy atom. The third-order valence-electron chi connectivity index (χ3n) is 4.99. The van der Waals surface area contributed by atoms with Crippen LogP contribution >= 0.6 is 0 Å². The van der Waals surface area contributed by atoms with Crippen LogP contribution in [-0.2, 0) is 4.79 Å². The number of aliphatic hydroxyl groups is 1. The molecule has 0 aliphatic carbocycles. The standard InChI is InChI=1S/C27H47NO3/c1-2-3-4-5-6-7-8-9-10-11-12-13-14-15-16-17-18-21-24-28-25-26(29)22-19-20-23-27(30)31/h6-7,9-10,12-13,15-16,26,28-29H,2-5,8,11,14,17-25H2,1H3,(H,30,31). The van der Waals surface area contributed by atoms with Crippen LogP contribution in [-0.4, -0.2) is 35.4 Å². The molecule has 0 spiro atoms. The van der Waals surface area contributed by atoms with Crippen molar-refractivity contribution in [3.63, 3.8) is 0 Å². The van der Waals surface area contributed by atoms with Crippen molar-refractivity contribution in [3.8, 4) is 0 Å². The molecule has 0 bridgehead atoms. The minimum atomic E-state index is -0.762. The van der Waals surface area contributed by atoms with Crippen LogP contribution in [0.5, 0.6) is 0 Å². The molecule has 4 heteroatoms. The fourth-order valence-electron chi connectivity index (χ4n) is 3.10. The molecular weight excluding hydrogens is 386 g/mol. The Morgan fingerprint density at radius 1 is 0.774 bits per heavy atom. The number of aliphatic hydroxyl groups excluding tert-OH is 1. The van der Waals surface area contributed by atoms with Crippen molar-refractivity contribution in [3.05, 3.63) is 48.6 Å². The molecule has 1 unspecified atom stereocenters. The van der Waals surface area contributed by atoms with Gasteiger partial charge in [0.2, 0.25) is 0 Å². The van der Waals surface area contributed by atoms with E-state index in [4.69, 9.17) is 5.11 Å². The lowest BCUT2D eigenvalue weighted by atomic mass is 10.1. The van der Waals surface area contributed by atoms with Crippen LogP contribution in [0.1, 0.15) is 96.8 Å². The Hall–Kier alpha value is -1.65. The van der Waals surface area contributed by atoms with Gasteiger partial charge in [-0.3, -0.25) is 4.79 Å². The molecule has 1 atom stereocenters. The Balaban J connectivity index is 3.40. The van der Waals surface area contributed by atoms with Crippen LogP contribution in [0.3, 0.4) is 0 Å². The van der Waals surface area contributed by atoms with Gasteiger partial charge in [-0.2, -0.15) is 0 Å². The van der Waals surface area contributed by atoms with Gasteiger partial charge in [0.05, 0.1) is 6.10 Å². The molecule has 0 aromatic rings. The maximum absolute atomic E-state index is 10.4. The van der Waals surface area contributed by atoms with Crippen molar-refractivity contribution in [1.29, 1.82) is 0 Å². The average Bonchev–Trinajstić information content (AvgIpc) is 2.75. The number of carbonyl (C=O) groups is 1. The van der Waals surface area contributed by atoms with Crippen molar-refractivity contribution in [2.75, 3.05) is 13.1 Å². The average molecular weight is 434 g/mol. The maximum Gasteiger partial charge on any atom is 0.303 e. The Labute approximate surface area is 191 Å². The van der Waals surface area contributed by atoms with E-state index >= 15 is 0 Å². The van der Waals surface area contributed by atoms with Crippen LogP contribution < -0.4 is 5.32 Å². The minimum Gasteiger partial charge on any atom is -0.481 e. The van der Waals surface area contributed by atoms with E-state index in [0.717, 1.165) is 51.5 Å². The van der Waals surface area contributed by atoms with Gasteiger partial charge < -0.3 is 15.5 Å². The number of allylic oxidation sites excluding steroid dienone is 8. The zero-order chi connectivity index (χ0) is 22.8. The summed E-state index contributed by atoms with van der Waals surface area (Å²) in [7, 11) is 0. The third-order valence-corrected chi connectivity index (χ3v) is 4.99. The van der Waals surface area contributed by atoms with Crippen LogP contribution in [0.15, 0.2) is 48.6 Å². The van der Waals surface area contributed by atoms with Crippen LogP contribution in [0.4, 0.5) is 0 Å². The lowest BCUT2D eigenvalue weighted by Gasteiger charge is -2.11. The lowest BCUT2D eigenvalue weighted by Crippen LogP contribution is -2.27. The molecule has 4 nitrogen and oxygen atoms in total. The quantitative estimate of drug-likeness (QED) is 0.131. The fraction of sp³-hybridized carbons (Fsp3) is 0.667. The van der Waals surface area contributed by atoms with Gasteiger partial charge in [-0.05, 0) is 70.8 Å². The van der Waals surface area contributed by atoms with E-state index in [1.54, 1.807) is 0 Å². The molecule has 0 heterocycles. The molecule has 0 saturated carbocycles. The highest BCUT2D eigenvalue weighted by molar-refractivity contribution is 5.66. The largest absolute Gasteiger partial charge is 0.481 e. The topological polar surface area (TPSA) is 69.6 Å². The second-order valence-electron chi connectivity index (χ2n) is 8.08. The van der Waals surface area contributed by atoms with Gasteiger partial charge in [-0.15, -0.1) is 0 Å². The van der Waals surface area contributed by atoms with Crippen molar-refractivity contribution in [2.45, 2.75) is 103 Å². The number of nitrogens with one attached hydrogen (secondary N) is 1. The summed E-state index contributed by atoms with van der Waals surface area (Å²) in [5.41, 5.74) is 0. The summed E-state index contributed by atoms with van der Waals surface area (Å²) in [5.74, 6) is -0.762. The molecule has 0 radical (unpaired) electrons. The molecule has 0 amide bonds. The first-order chi connectivity index (χ1) is 15.2. The molecular formula is C27H47NO3. The predicted molar refractivity (Wildman–Crippen MR) is 133 cm³/mol. The molecule has 0 aliphatic heterocycles. The molecule has 0 aromatic heterocycles.